The lowest BCUT2D eigenvalue weighted by molar-refractivity contribution is 0.157. The van der Waals surface area contributed by atoms with Crippen LogP contribution in [0.15, 0.2) is 49.0 Å². The van der Waals surface area contributed by atoms with E-state index in [2.05, 4.69) is 17.2 Å². The number of allylic oxidation sites excluding steroid dienone is 1. The maximum Gasteiger partial charge on any atom is 0.230 e. The zero-order chi connectivity index (χ0) is 12.5. The fourth-order valence-electron chi connectivity index (χ4n) is 1.94. The fraction of sp³-hybridized carbons (Fsp3) is 0.0833. The first-order valence-corrected chi connectivity index (χ1v) is 5.54. The number of hydrazine groups is 1. The molecule has 0 radical (unpaired) electrons. The molecule has 18 heavy (non-hydrogen) atoms. The Kier molecular flexibility index (Phi) is 2.42. The van der Waals surface area contributed by atoms with Crippen LogP contribution in [-0.2, 0) is 11.4 Å². The Balaban J connectivity index is 2.18. The van der Waals surface area contributed by atoms with Crippen molar-refractivity contribution in [3.05, 3.63) is 49.0 Å². The summed E-state index contributed by atoms with van der Waals surface area (Å²) in [6.07, 6.45) is 3.24. The second-order valence-electron chi connectivity index (χ2n) is 3.89. The average Bonchev–Trinajstić information content (AvgIpc) is 2.94. The van der Waals surface area contributed by atoms with Crippen molar-refractivity contribution in [3.8, 4) is 0 Å². The molecule has 6 nitrogen and oxygen atoms in total. The molecule has 0 fully saturated rings. The van der Waals surface area contributed by atoms with E-state index < -0.39 is 0 Å². The molecule has 1 aliphatic rings. The number of fused-ring (bicyclic) bond motifs is 1. The van der Waals surface area contributed by atoms with Crippen molar-refractivity contribution in [2.45, 2.75) is 6.54 Å². The van der Waals surface area contributed by atoms with Crippen molar-refractivity contribution in [2.75, 3.05) is 5.01 Å². The van der Waals surface area contributed by atoms with Gasteiger partial charge in [-0.1, -0.05) is 23.8 Å². The molecule has 0 amide bonds. The number of imidazole rings is 1. The Labute approximate surface area is 104 Å². The van der Waals surface area contributed by atoms with Gasteiger partial charge in [0, 0.05) is 6.54 Å². The summed E-state index contributed by atoms with van der Waals surface area (Å²) < 4.78 is 2.00. The zero-order valence-corrected chi connectivity index (χ0v) is 9.71. The Hall–Kier alpha value is -2.47. The van der Waals surface area contributed by atoms with E-state index in [9.17, 15) is 0 Å². The normalized spacial score (nSPS) is 14.7. The van der Waals surface area contributed by atoms with Gasteiger partial charge >= 0.3 is 0 Å². The van der Waals surface area contributed by atoms with Gasteiger partial charge in [-0.05, 0) is 12.1 Å². The number of rotatable bonds is 3. The summed E-state index contributed by atoms with van der Waals surface area (Å²) in [5.74, 6) is 1.12. The van der Waals surface area contributed by atoms with Crippen molar-refractivity contribution < 1.29 is 4.84 Å². The molecule has 1 aliphatic heterocycles. The summed E-state index contributed by atoms with van der Waals surface area (Å²) in [6.45, 7) is 4.40. The number of nitrogens with two attached hydrogens (primary N) is 1. The quantitative estimate of drug-likeness (QED) is 0.794. The minimum absolute atomic E-state index is 0.454. The SMILES string of the molecule is C=CCn1c(N2NOC=C2N)nc2ccccc21. The van der Waals surface area contributed by atoms with Gasteiger partial charge in [0.25, 0.3) is 0 Å². The van der Waals surface area contributed by atoms with E-state index in [0.29, 0.717) is 18.3 Å². The van der Waals surface area contributed by atoms with Crippen molar-refractivity contribution >= 4 is 17.0 Å². The average molecular weight is 243 g/mol. The zero-order valence-electron chi connectivity index (χ0n) is 9.71. The molecule has 0 unspecified atom stereocenters. The maximum absolute atomic E-state index is 5.82. The second-order valence-corrected chi connectivity index (χ2v) is 3.89. The third-order valence-electron chi connectivity index (χ3n) is 2.73. The second kappa shape index (κ2) is 4.08. The van der Waals surface area contributed by atoms with Crippen LogP contribution < -0.4 is 16.3 Å². The first-order valence-electron chi connectivity index (χ1n) is 5.54. The monoisotopic (exact) mass is 243 g/mol. The van der Waals surface area contributed by atoms with E-state index in [4.69, 9.17) is 10.6 Å². The summed E-state index contributed by atoms with van der Waals surface area (Å²) in [5, 5.41) is 1.59. The Morgan fingerprint density at radius 3 is 3.00 bits per heavy atom. The number of anilines is 1. The molecule has 0 spiro atoms. The largest absolute Gasteiger partial charge is 0.392 e. The maximum atomic E-state index is 5.82. The highest BCUT2D eigenvalue weighted by Crippen LogP contribution is 2.24. The lowest BCUT2D eigenvalue weighted by Gasteiger charge is -2.16. The number of para-hydroxylation sites is 2. The molecule has 3 rings (SSSR count). The number of hydrogen-bond acceptors (Lipinski definition) is 5. The lowest BCUT2D eigenvalue weighted by Crippen LogP contribution is -2.36. The van der Waals surface area contributed by atoms with Gasteiger partial charge < -0.3 is 15.1 Å². The van der Waals surface area contributed by atoms with Gasteiger partial charge in [-0.2, -0.15) is 5.01 Å². The van der Waals surface area contributed by atoms with Crippen LogP contribution in [0.3, 0.4) is 0 Å². The van der Waals surface area contributed by atoms with E-state index in [1.165, 1.54) is 6.26 Å². The van der Waals surface area contributed by atoms with Gasteiger partial charge in [0.1, 0.15) is 0 Å². The van der Waals surface area contributed by atoms with Gasteiger partial charge in [-0.25, -0.2) is 4.98 Å². The Morgan fingerprint density at radius 1 is 1.44 bits per heavy atom. The number of nitrogens with one attached hydrogen (secondary N) is 1. The van der Waals surface area contributed by atoms with Crippen LogP contribution in [0.2, 0.25) is 0 Å². The predicted octanol–water partition coefficient (Wildman–Crippen LogP) is 1.24. The molecule has 0 aliphatic carbocycles. The van der Waals surface area contributed by atoms with E-state index >= 15 is 0 Å². The summed E-state index contributed by atoms with van der Waals surface area (Å²) in [5.41, 5.74) is 10.4. The predicted molar refractivity (Wildman–Crippen MR) is 68.9 cm³/mol. The van der Waals surface area contributed by atoms with Crippen molar-refractivity contribution in [3.63, 3.8) is 0 Å². The van der Waals surface area contributed by atoms with Gasteiger partial charge in [-0.3, -0.25) is 0 Å². The molecular weight excluding hydrogens is 230 g/mol. The minimum Gasteiger partial charge on any atom is -0.392 e. The van der Waals surface area contributed by atoms with Crippen molar-refractivity contribution in [2.24, 2.45) is 5.73 Å². The molecule has 2 heterocycles. The third-order valence-corrected chi connectivity index (χ3v) is 2.73. The van der Waals surface area contributed by atoms with Crippen LogP contribution in [0, 0.1) is 0 Å². The van der Waals surface area contributed by atoms with Crippen LogP contribution in [0.4, 0.5) is 5.95 Å². The molecule has 6 heteroatoms. The van der Waals surface area contributed by atoms with Gasteiger partial charge in [-0.15, -0.1) is 6.58 Å². The summed E-state index contributed by atoms with van der Waals surface area (Å²) >= 11 is 0. The molecule has 0 atom stereocenters. The topological polar surface area (TPSA) is 68.3 Å². The van der Waals surface area contributed by atoms with Crippen LogP contribution >= 0.6 is 0 Å². The number of benzene rings is 1. The van der Waals surface area contributed by atoms with E-state index in [1.54, 1.807) is 5.01 Å². The standard InChI is InChI=1S/C12H13N5O/c1-2-7-16-10-6-4-3-5-9(10)14-12(16)17-11(13)8-18-15-17/h2-6,8,15H,1,7,13H2. The molecule has 92 valence electrons. The number of nitrogens with zero attached hydrogens (tertiary/aromatic N) is 3. The summed E-state index contributed by atoms with van der Waals surface area (Å²) in [6, 6.07) is 7.88. The molecule has 0 saturated heterocycles. The van der Waals surface area contributed by atoms with E-state index in [-0.39, 0.29) is 0 Å². The molecule has 1 aromatic heterocycles. The van der Waals surface area contributed by atoms with Gasteiger partial charge in [0.05, 0.1) is 11.0 Å². The highest BCUT2D eigenvalue weighted by atomic mass is 16.7. The van der Waals surface area contributed by atoms with Gasteiger partial charge in [0.2, 0.25) is 5.95 Å². The highest BCUT2D eigenvalue weighted by molar-refractivity contribution is 5.79. The van der Waals surface area contributed by atoms with Crippen molar-refractivity contribution in [1.82, 2.24) is 15.1 Å². The van der Waals surface area contributed by atoms with Crippen LogP contribution in [-0.4, -0.2) is 9.55 Å². The Bertz CT molecular complexity index is 630. The smallest absolute Gasteiger partial charge is 0.230 e. The molecular formula is C12H13N5O. The molecule has 1 aromatic carbocycles. The van der Waals surface area contributed by atoms with Gasteiger partial charge in [0.15, 0.2) is 12.1 Å². The Morgan fingerprint density at radius 2 is 2.28 bits per heavy atom. The molecule has 2 aromatic rings. The highest BCUT2D eigenvalue weighted by Gasteiger charge is 2.22. The number of hydrogen-bond donors (Lipinski definition) is 2. The number of aromatic nitrogens is 2. The fourth-order valence-corrected chi connectivity index (χ4v) is 1.94. The summed E-state index contributed by atoms with van der Waals surface area (Å²) in [4.78, 5) is 9.50. The minimum atomic E-state index is 0.454. The molecule has 0 bridgehead atoms. The van der Waals surface area contributed by atoms with Crippen LogP contribution in [0.25, 0.3) is 11.0 Å². The third kappa shape index (κ3) is 1.51. The van der Waals surface area contributed by atoms with Crippen LogP contribution in [0.1, 0.15) is 0 Å². The molecule has 3 N–H and O–H groups in total. The van der Waals surface area contributed by atoms with E-state index in [0.717, 1.165) is 11.0 Å². The molecule has 0 saturated carbocycles. The van der Waals surface area contributed by atoms with Crippen LogP contribution in [0.5, 0.6) is 0 Å². The first kappa shape index (κ1) is 10.7. The summed E-state index contributed by atoms with van der Waals surface area (Å²) in [7, 11) is 0. The van der Waals surface area contributed by atoms with E-state index in [1.807, 2.05) is 34.9 Å². The lowest BCUT2D eigenvalue weighted by atomic mass is 10.3. The van der Waals surface area contributed by atoms with Crippen molar-refractivity contribution in [1.29, 1.82) is 0 Å². The first-order chi connectivity index (χ1) is 8.81.